The molecule has 1 aromatic heterocycles. The monoisotopic (exact) mass is 444 g/mol. The van der Waals surface area contributed by atoms with Gasteiger partial charge < -0.3 is 25.2 Å². The summed E-state index contributed by atoms with van der Waals surface area (Å²) in [5, 5.41) is 39.7. The van der Waals surface area contributed by atoms with E-state index in [1.165, 1.54) is 12.1 Å². The molecule has 164 valence electrons. The SMILES string of the molecule is Cc1ccc([C@@H]2O[C@@H](C(O)CO)[C@H](O)[C@H]2O)cc1Cc1ccc(-c2ccc(F)cc2)s1. The van der Waals surface area contributed by atoms with Gasteiger partial charge in [-0.1, -0.05) is 30.3 Å². The van der Waals surface area contributed by atoms with Crippen LogP contribution in [0.1, 0.15) is 27.7 Å². The molecule has 2 heterocycles. The predicted octanol–water partition coefficient (Wildman–Crippen LogP) is 2.97. The van der Waals surface area contributed by atoms with Crippen molar-refractivity contribution in [3.8, 4) is 10.4 Å². The van der Waals surface area contributed by atoms with E-state index >= 15 is 0 Å². The lowest BCUT2D eigenvalue weighted by molar-refractivity contribution is -0.0820. The number of thiophene rings is 1. The zero-order valence-corrected chi connectivity index (χ0v) is 17.8. The summed E-state index contributed by atoms with van der Waals surface area (Å²) in [5.41, 5.74) is 3.81. The lowest BCUT2D eigenvalue weighted by Gasteiger charge is -2.19. The summed E-state index contributed by atoms with van der Waals surface area (Å²) in [4.78, 5) is 2.20. The van der Waals surface area contributed by atoms with E-state index in [4.69, 9.17) is 9.84 Å². The minimum Gasteiger partial charge on any atom is -0.394 e. The molecule has 1 aliphatic rings. The molecule has 0 amide bonds. The van der Waals surface area contributed by atoms with Crippen molar-refractivity contribution >= 4 is 11.3 Å². The second-order valence-electron chi connectivity index (χ2n) is 7.89. The Labute approximate surface area is 184 Å². The molecule has 1 fully saturated rings. The highest BCUT2D eigenvalue weighted by Crippen LogP contribution is 2.36. The molecule has 1 unspecified atom stereocenters. The average molecular weight is 445 g/mol. The largest absolute Gasteiger partial charge is 0.394 e. The minimum absolute atomic E-state index is 0.261. The Morgan fingerprint density at radius 1 is 1.03 bits per heavy atom. The summed E-state index contributed by atoms with van der Waals surface area (Å²) in [7, 11) is 0. The number of hydrogen-bond donors (Lipinski definition) is 4. The zero-order chi connectivity index (χ0) is 22.1. The fourth-order valence-electron chi connectivity index (χ4n) is 3.89. The van der Waals surface area contributed by atoms with Crippen LogP contribution in [0.15, 0.2) is 54.6 Å². The van der Waals surface area contributed by atoms with E-state index in [1.54, 1.807) is 23.5 Å². The van der Waals surface area contributed by atoms with Crippen molar-refractivity contribution < 1.29 is 29.6 Å². The highest BCUT2D eigenvalue weighted by atomic mass is 32.1. The van der Waals surface area contributed by atoms with Gasteiger partial charge in [0.05, 0.1) is 6.61 Å². The maximum absolute atomic E-state index is 13.2. The molecule has 2 aromatic carbocycles. The standard InChI is InChI=1S/C24H25FO5S/c1-13-2-3-15(23-21(28)22(29)24(30-23)19(27)12-26)10-16(13)11-18-8-9-20(31-18)14-4-6-17(25)7-5-14/h2-10,19,21-24,26-29H,11-12H2,1H3/t19?,21-,22-,23+,24+/m1/s1. The van der Waals surface area contributed by atoms with E-state index in [2.05, 4.69) is 0 Å². The number of ether oxygens (including phenoxy) is 1. The molecule has 0 aliphatic carbocycles. The van der Waals surface area contributed by atoms with E-state index in [1.807, 2.05) is 37.3 Å². The fraction of sp³-hybridized carbons (Fsp3) is 0.333. The molecule has 4 N–H and O–H groups in total. The second kappa shape index (κ2) is 9.16. The smallest absolute Gasteiger partial charge is 0.123 e. The Morgan fingerprint density at radius 2 is 1.77 bits per heavy atom. The normalized spacial score (nSPS) is 24.5. The molecule has 0 bridgehead atoms. The maximum Gasteiger partial charge on any atom is 0.123 e. The van der Waals surface area contributed by atoms with Crippen molar-refractivity contribution in [1.29, 1.82) is 0 Å². The van der Waals surface area contributed by atoms with Crippen LogP contribution in [0.4, 0.5) is 4.39 Å². The van der Waals surface area contributed by atoms with E-state index in [9.17, 15) is 19.7 Å². The average Bonchev–Trinajstić information content (AvgIpc) is 3.35. The van der Waals surface area contributed by atoms with Crippen LogP contribution >= 0.6 is 11.3 Å². The van der Waals surface area contributed by atoms with Crippen molar-refractivity contribution in [3.05, 3.63) is 82.0 Å². The molecule has 3 aromatic rings. The van der Waals surface area contributed by atoms with Crippen LogP contribution in [0.5, 0.6) is 0 Å². The number of rotatable bonds is 6. The highest BCUT2D eigenvalue weighted by molar-refractivity contribution is 7.15. The molecule has 5 atom stereocenters. The number of halogens is 1. The van der Waals surface area contributed by atoms with E-state index in [-0.39, 0.29) is 5.82 Å². The third kappa shape index (κ3) is 4.57. The van der Waals surface area contributed by atoms with Crippen LogP contribution < -0.4 is 0 Å². The molecule has 0 radical (unpaired) electrons. The summed E-state index contributed by atoms with van der Waals surface area (Å²) in [6, 6.07) is 16.2. The number of aliphatic hydroxyl groups is 4. The second-order valence-corrected chi connectivity index (χ2v) is 9.06. The topological polar surface area (TPSA) is 90.2 Å². The quantitative estimate of drug-likeness (QED) is 0.469. The van der Waals surface area contributed by atoms with Gasteiger partial charge in [-0.05, 0) is 53.4 Å². The first kappa shape index (κ1) is 22.1. The first-order chi connectivity index (χ1) is 14.9. The van der Waals surface area contributed by atoms with Gasteiger partial charge in [0.25, 0.3) is 0 Å². The molecular formula is C24H25FO5S. The molecule has 1 saturated heterocycles. The van der Waals surface area contributed by atoms with Crippen LogP contribution in [-0.2, 0) is 11.2 Å². The summed E-state index contributed by atoms with van der Waals surface area (Å²) >= 11 is 1.64. The van der Waals surface area contributed by atoms with Crippen molar-refractivity contribution in [2.24, 2.45) is 0 Å². The Bertz CT molecular complexity index is 1030. The van der Waals surface area contributed by atoms with Crippen molar-refractivity contribution in [2.45, 2.75) is 43.9 Å². The Hall–Kier alpha value is -2.13. The van der Waals surface area contributed by atoms with Crippen LogP contribution in [0.3, 0.4) is 0 Å². The van der Waals surface area contributed by atoms with Gasteiger partial charge in [-0.2, -0.15) is 0 Å². The molecule has 0 spiro atoms. The lowest BCUT2D eigenvalue weighted by atomic mass is 9.95. The van der Waals surface area contributed by atoms with Crippen LogP contribution in [-0.4, -0.2) is 51.4 Å². The molecule has 0 saturated carbocycles. The summed E-state index contributed by atoms with van der Waals surface area (Å²) in [6.45, 7) is 1.45. The van der Waals surface area contributed by atoms with Crippen LogP contribution in [0, 0.1) is 12.7 Å². The number of aliphatic hydroxyl groups excluding tert-OH is 4. The minimum atomic E-state index is -1.28. The van der Waals surface area contributed by atoms with Gasteiger partial charge in [-0.15, -0.1) is 11.3 Å². The van der Waals surface area contributed by atoms with Crippen LogP contribution in [0.25, 0.3) is 10.4 Å². The number of benzene rings is 2. The van der Waals surface area contributed by atoms with Gasteiger partial charge in [0.2, 0.25) is 0 Å². The first-order valence-electron chi connectivity index (χ1n) is 10.1. The van der Waals surface area contributed by atoms with Crippen molar-refractivity contribution in [3.63, 3.8) is 0 Å². The van der Waals surface area contributed by atoms with Gasteiger partial charge >= 0.3 is 0 Å². The van der Waals surface area contributed by atoms with Gasteiger partial charge in [-0.3, -0.25) is 0 Å². The predicted molar refractivity (Wildman–Crippen MR) is 116 cm³/mol. The number of hydrogen-bond acceptors (Lipinski definition) is 6. The molecule has 31 heavy (non-hydrogen) atoms. The Kier molecular flexibility index (Phi) is 6.52. The lowest BCUT2D eigenvalue weighted by Crippen LogP contribution is -2.40. The molecular weight excluding hydrogens is 419 g/mol. The summed E-state index contributed by atoms with van der Waals surface area (Å²) in [5.74, 6) is -0.261. The zero-order valence-electron chi connectivity index (χ0n) is 17.0. The van der Waals surface area contributed by atoms with Gasteiger partial charge in [0.1, 0.15) is 36.3 Å². The molecule has 5 nitrogen and oxygen atoms in total. The van der Waals surface area contributed by atoms with E-state index < -0.39 is 37.1 Å². The van der Waals surface area contributed by atoms with Gasteiger partial charge in [0.15, 0.2) is 0 Å². The molecule has 1 aliphatic heterocycles. The third-order valence-electron chi connectivity index (χ3n) is 5.72. The Morgan fingerprint density at radius 3 is 2.48 bits per heavy atom. The molecule has 4 rings (SSSR count). The highest BCUT2D eigenvalue weighted by Gasteiger charge is 2.46. The van der Waals surface area contributed by atoms with Crippen molar-refractivity contribution in [2.75, 3.05) is 6.61 Å². The summed E-state index contributed by atoms with van der Waals surface area (Å²) in [6.07, 6.45) is -4.92. The summed E-state index contributed by atoms with van der Waals surface area (Å²) < 4.78 is 18.9. The maximum atomic E-state index is 13.2. The fourth-order valence-corrected chi connectivity index (χ4v) is 4.93. The number of aryl methyl sites for hydroxylation is 1. The van der Waals surface area contributed by atoms with Crippen LogP contribution in [0.2, 0.25) is 0 Å². The van der Waals surface area contributed by atoms with E-state index in [0.717, 1.165) is 26.4 Å². The third-order valence-corrected chi connectivity index (χ3v) is 6.86. The first-order valence-corrected chi connectivity index (χ1v) is 10.9. The Balaban J connectivity index is 1.54. The van der Waals surface area contributed by atoms with Gasteiger partial charge in [-0.25, -0.2) is 4.39 Å². The van der Waals surface area contributed by atoms with E-state index in [0.29, 0.717) is 12.0 Å². The van der Waals surface area contributed by atoms with Crippen molar-refractivity contribution in [1.82, 2.24) is 0 Å². The molecule has 7 heteroatoms. The van der Waals surface area contributed by atoms with Gasteiger partial charge in [0, 0.05) is 16.2 Å².